The van der Waals surface area contributed by atoms with Gasteiger partial charge in [0.05, 0.1) is 0 Å². The molecule has 1 heterocycles. The second-order valence-electron chi connectivity index (χ2n) is 3.59. The van der Waals surface area contributed by atoms with Crippen LogP contribution in [0.25, 0.3) is 0 Å². The van der Waals surface area contributed by atoms with Crippen LogP contribution in [0, 0.1) is 0 Å². The number of nitrogens with zero attached hydrogens (tertiary/aromatic N) is 1. The van der Waals surface area contributed by atoms with Crippen molar-refractivity contribution < 1.29 is 4.74 Å². The number of ether oxygens (including phenoxy) is 1. The van der Waals surface area contributed by atoms with Crippen molar-refractivity contribution in [2.75, 3.05) is 0 Å². The molecule has 0 aliphatic rings. The molecule has 2 aromatic rings. The Morgan fingerprint density at radius 2 is 1.69 bits per heavy atom. The predicted octanol–water partition coefficient (Wildman–Crippen LogP) is 3.22. The zero-order valence-electron chi connectivity index (χ0n) is 9.39. The van der Waals surface area contributed by atoms with E-state index in [1.165, 1.54) is 11.1 Å². The van der Waals surface area contributed by atoms with Gasteiger partial charge in [-0.2, -0.15) is 0 Å². The number of hydrogen-bond donors (Lipinski definition) is 0. The average molecular weight is 213 g/mol. The Morgan fingerprint density at radius 1 is 1.00 bits per heavy atom. The average Bonchev–Trinajstić information content (AvgIpc) is 2.38. The van der Waals surface area contributed by atoms with Crippen LogP contribution in [0.2, 0.25) is 0 Å². The molecular weight excluding hydrogens is 198 g/mol. The largest absolute Gasteiger partial charge is 0.489 e. The van der Waals surface area contributed by atoms with Crippen molar-refractivity contribution in [1.29, 1.82) is 0 Å². The van der Waals surface area contributed by atoms with Gasteiger partial charge in [0, 0.05) is 12.4 Å². The van der Waals surface area contributed by atoms with Gasteiger partial charge >= 0.3 is 0 Å². The molecule has 16 heavy (non-hydrogen) atoms. The van der Waals surface area contributed by atoms with E-state index in [4.69, 9.17) is 4.74 Å². The van der Waals surface area contributed by atoms with Crippen molar-refractivity contribution in [3.8, 4) is 5.75 Å². The van der Waals surface area contributed by atoms with Crippen LogP contribution in [0.15, 0.2) is 48.8 Å². The molecule has 0 atom stereocenters. The molecule has 0 radical (unpaired) electrons. The molecule has 0 saturated heterocycles. The fourth-order valence-corrected chi connectivity index (χ4v) is 1.64. The second-order valence-corrected chi connectivity index (χ2v) is 3.59. The van der Waals surface area contributed by atoms with E-state index in [2.05, 4.69) is 30.1 Å². The number of benzene rings is 1. The van der Waals surface area contributed by atoms with Gasteiger partial charge in [0.2, 0.25) is 0 Å². The van der Waals surface area contributed by atoms with Crippen LogP contribution in [0.4, 0.5) is 0 Å². The van der Waals surface area contributed by atoms with Gasteiger partial charge in [-0.15, -0.1) is 0 Å². The third-order valence-electron chi connectivity index (χ3n) is 2.54. The Bertz CT molecular complexity index is 439. The van der Waals surface area contributed by atoms with Crippen LogP contribution >= 0.6 is 0 Å². The second kappa shape index (κ2) is 5.31. The van der Waals surface area contributed by atoms with E-state index in [0.29, 0.717) is 6.61 Å². The number of aromatic nitrogens is 1. The summed E-state index contributed by atoms with van der Waals surface area (Å²) in [4.78, 5) is 3.95. The molecule has 0 amide bonds. The highest BCUT2D eigenvalue weighted by Gasteiger charge is 2.00. The fourth-order valence-electron chi connectivity index (χ4n) is 1.64. The molecule has 0 fully saturated rings. The summed E-state index contributed by atoms with van der Waals surface area (Å²) in [6.45, 7) is 2.78. The van der Waals surface area contributed by atoms with Crippen LogP contribution in [0.5, 0.6) is 5.75 Å². The molecule has 1 aromatic heterocycles. The van der Waals surface area contributed by atoms with E-state index in [-0.39, 0.29) is 0 Å². The minimum atomic E-state index is 0.619. The molecular formula is C14H15NO. The van der Waals surface area contributed by atoms with E-state index in [1.807, 2.05) is 18.2 Å². The molecule has 0 unspecified atom stereocenters. The maximum absolute atomic E-state index is 5.69. The molecule has 82 valence electrons. The lowest BCUT2D eigenvalue weighted by molar-refractivity contribution is 0.304. The van der Waals surface area contributed by atoms with Crippen molar-refractivity contribution in [1.82, 2.24) is 4.98 Å². The van der Waals surface area contributed by atoms with Gasteiger partial charge in [-0.05, 0) is 29.7 Å². The Hall–Kier alpha value is -1.83. The Morgan fingerprint density at radius 3 is 2.38 bits per heavy atom. The van der Waals surface area contributed by atoms with Crippen molar-refractivity contribution in [2.24, 2.45) is 0 Å². The van der Waals surface area contributed by atoms with Crippen LogP contribution in [-0.2, 0) is 13.0 Å². The minimum Gasteiger partial charge on any atom is -0.489 e. The maximum atomic E-state index is 5.69. The van der Waals surface area contributed by atoms with E-state index in [1.54, 1.807) is 12.4 Å². The zero-order valence-corrected chi connectivity index (χ0v) is 9.39. The highest BCUT2D eigenvalue weighted by molar-refractivity contribution is 5.27. The van der Waals surface area contributed by atoms with E-state index in [9.17, 15) is 0 Å². The normalized spacial score (nSPS) is 10.1. The topological polar surface area (TPSA) is 22.1 Å². The molecule has 0 N–H and O–H groups in total. The lowest BCUT2D eigenvalue weighted by Crippen LogP contribution is -1.99. The quantitative estimate of drug-likeness (QED) is 0.778. The SMILES string of the molecule is CCc1ccccc1COc1ccncc1. The maximum Gasteiger partial charge on any atom is 0.122 e. The van der Waals surface area contributed by atoms with Crippen molar-refractivity contribution in [2.45, 2.75) is 20.0 Å². The summed E-state index contributed by atoms with van der Waals surface area (Å²) in [7, 11) is 0. The molecule has 0 aliphatic heterocycles. The predicted molar refractivity (Wildman–Crippen MR) is 64.4 cm³/mol. The van der Waals surface area contributed by atoms with Crippen LogP contribution in [0.3, 0.4) is 0 Å². The van der Waals surface area contributed by atoms with Crippen molar-refractivity contribution >= 4 is 0 Å². The van der Waals surface area contributed by atoms with Crippen LogP contribution in [-0.4, -0.2) is 4.98 Å². The summed E-state index contributed by atoms with van der Waals surface area (Å²) in [5.41, 5.74) is 2.60. The standard InChI is InChI=1S/C14H15NO/c1-2-12-5-3-4-6-13(12)11-16-14-7-9-15-10-8-14/h3-10H,2,11H2,1H3. The fraction of sp³-hybridized carbons (Fsp3) is 0.214. The van der Waals surface area contributed by atoms with E-state index in [0.717, 1.165) is 12.2 Å². The first-order valence-corrected chi connectivity index (χ1v) is 5.49. The summed E-state index contributed by atoms with van der Waals surface area (Å²) in [6, 6.07) is 12.1. The van der Waals surface area contributed by atoms with E-state index >= 15 is 0 Å². The summed E-state index contributed by atoms with van der Waals surface area (Å²) < 4.78 is 5.69. The molecule has 1 aromatic carbocycles. The lowest BCUT2D eigenvalue weighted by atomic mass is 10.1. The zero-order chi connectivity index (χ0) is 11.2. The number of rotatable bonds is 4. The molecule has 0 saturated carbocycles. The highest BCUT2D eigenvalue weighted by Crippen LogP contribution is 2.14. The third kappa shape index (κ3) is 2.60. The Labute approximate surface area is 95.9 Å². The molecule has 0 aliphatic carbocycles. The molecule has 0 spiro atoms. The highest BCUT2D eigenvalue weighted by atomic mass is 16.5. The Kier molecular flexibility index (Phi) is 3.54. The number of hydrogen-bond acceptors (Lipinski definition) is 2. The summed E-state index contributed by atoms with van der Waals surface area (Å²) in [5, 5.41) is 0. The number of pyridine rings is 1. The van der Waals surface area contributed by atoms with Crippen molar-refractivity contribution in [3.63, 3.8) is 0 Å². The summed E-state index contributed by atoms with van der Waals surface area (Å²) in [6.07, 6.45) is 4.51. The lowest BCUT2D eigenvalue weighted by Gasteiger charge is -2.09. The van der Waals surface area contributed by atoms with E-state index < -0.39 is 0 Å². The number of aryl methyl sites for hydroxylation is 1. The van der Waals surface area contributed by atoms with Crippen LogP contribution < -0.4 is 4.74 Å². The molecule has 2 rings (SSSR count). The minimum absolute atomic E-state index is 0.619. The monoisotopic (exact) mass is 213 g/mol. The third-order valence-corrected chi connectivity index (χ3v) is 2.54. The first kappa shape index (κ1) is 10.7. The summed E-state index contributed by atoms with van der Waals surface area (Å²) >= 11 is 0. The van der Waals surface area contributed by atoms with Gasteiger partial charge in [0.15, 0.2) is 0 Å². The van der Waals surface area contributed by atoms with Crippen molar-refractivity contribution in [3.05, 3.63) is 59.9 Å². The van der Waals surface area contributed by atoms with Gasteiger partial charge in [0.1, 0.15) is 12.4 Å². The van der Waals surface area contributed by atoms with Gasteiger partial charge in [-0.3, -0.25) is 4.98 Å². The van der Waals surface area contributed by atoms with Crippen LogP contribution in [0.1, 0.15) is 18.1 Å². The molecule has 2 heteroatoms. The Balaban J connectivity index is 2.05. The van der Waals surface area contributed by atoms with Gasteiger partial charge in [-0.25, -0.2) is 0 Å². The first-order chi connectivity index (χ1) is 7.90. The first-order valence-electron chi connectivity index (χ1n) is 5.49. The molecule has 0 bridgehead atoms. The van der Waals surface area contributed by atoms with Gasteiger partial charge in [-0.1, -0.05) is 31.2 Å². The summed E-state index contributed by atoms with van der Waals surface area (Å²) in [5.74, 6) is 0.862. The smallest absolute Gasteiger partial charge is 0.122 e. The van der Waals surface area contributed by atoms with Gasteiger partial charge < -0.3 is 4.74 Å². The van der Waals surface area contributed by atoms with Gasteiger partial charge in [0.25, 0.3) is 0 Å². The molecule has 2 nitrogen and oxygen atoms in total.